The maximum Gasteiger partial charge on any atom is 0.481 e. The summed E-state index contributed by atoms with van der Waals surface area (Å²) in [4.78, 5) is 30.5. The number of ether oxygens (including phenoxy) is 1. The number of aromatic nitrogens is 2. The molecule has 1 aromatic carbocycles. The van der Waals surface area contributed by atoms with Gasteiger partial charge in [0.25, 0.3) is 0 Å². The predicted octanol–water partition coefficient (Wildman–Crippen LogP) is -0.118. The summed E-state index contributed by atoms with van der Waals surface area (Å²) in [5.74, 6) is 0. The molecule has 1 unspecified atom stereocenters. The number of aliphatic hydroxyl groups is 2. The van der Waals surface area contributed by atoms with Gasteiger partial charge < -0.3 is 34.2 Å². The second-order valence-corrected chi connectivity index (χ2v) is 8.35. The van der Waals surface area contributed by atoms with E-state index in [0.717, 1.165) is 0 Å². The molecule has 5 N–H and O–H groups in total. The summed E-state index contributed by atoms with van der Waals surface area (Å²) in [5, 5.41) is 20.3. The number of fused-ring (bicyclic) bond motifs is 1. The Morgan fingerprint density at radius 1 is 1.15 bits per heavy atom. The summed E-state index contributed by atoms with van der Waals surface area (Å²) < 4.78 is 37.1. The van der Waals surface area contributed by atoms with Crippen molar-refractivity contribution in [1.29, 1.82) is 0 Å². The highest BCUT2D eigenvalue weighted by atomic mass is 31.3. The van der Waals surface area contributed by atoms with Crippen molar-refractivity contribution < 1.29 is 47.6 Å². The van der Waals surface area contributed by atoms with E-state index in [1.165, 1.54) is 10.9 Å². The van der Waals surface area contributed by atoms with E-state index in [4.69, 9.17) is 14.5 Å². The molecule has 1 aromatic heterocycles. The number of phosphoric acid groups is 2. The zero-order chi connectivity index (χ0) is 19.1. The van der Waals surface area contributed by atoms with E-state index < -0.39 is 46.8 Å². The lowest BCUT2D eigenvalue weighted by molar-refractivity contribution is -0.0501. The van der Waals surface area contributed by atoms with Gasteiger partial charge in [0.15, 0.2) is 6.23 Å². The summed E-state index contributed by atoms with van der Waals surface area (Å²) in [5.41, 5.74) is 1.26. The van der Waals surface area contributed by atoms with Crippen molar-refractivity contribution in [2.75, 3.05) is 6.61 Å². The van der Waals surface area contributed by atoms with Crippen LogP contribution >= 0.6 is 15.6 Å². The zero-order valence-corrected chi connectivity index (χ0v) is 14.8. The largest absolute Gasteiger partial charge is 0.481 e. The fraction of sp³-hybridized carbons (Fsp3) is 0.417. The molecule has 1 aliphatic heterocycles. The van der Waals surface area contributed by atoms with Crippen LogP contribution in [0.3, 0.4) is 0 Å². The standard InChI is InChI=1S/C12H16N2O10P2/c15-10-9(5-22-26(20,21)24-25(17,18)19)23-12(11(10)16)14-6-13-7-3-1-2-4-8(7)14/h1-4,6,9-12,15-16H,5H2,(H,20,21)(H2,17,18,19)/t9-,10-,11-,12-/m1/s1. The lowest BCUT2D eigenvalue weighted by Gasteiger charge is -2.18. The molecule has 144 valence electrons. The van der Waals surface area contributed by atoms with Crippen molar-refractivity contribution in [1.82, 2.24) is 9.55 Å². The lowest BCUT2D eigenvalue weighted by Crippen LogP contribution is -2.33. The van der Waals surface area contributed by atoms with E-state index in [0.29, 0.717) is 11.0 Å². The van der Waals surface area contributed by atoms with Gasteiger partial charge in [-0.3, -0.25) is 4.52 Å². The third kappa shape index (κ3) is 4.21. The first-order valence-electron chi connectivity index (χ1n) is 7.25. The topological polar surface area (TPSA) is 181 Å². The monoisotopic (exact) mass is 410 g/mol. The molecule has 2 heterocycles. The predicted molar refractivity (Wildman–Crippen MR) is 84.6 cm³/mol. The number of hydrogen-bond donors (Lipinski definition) is 5. The van der Waals surface area contributed by atoms with Crippen molar-refractivity contribution >= 4 is 26.7 Å². The van der Waals surface area contributed by atoms with E-state index in [1.54, 1.807) is 24.3 Å². The van der Waals surface area contributed by atoms with Crippen molar-refractivity contribution in [3.05, 3.63) is 30.6 Å². The van der Waals surface area contributed by atoms with Crippen molar-refractivity contribution in [2.45, 2.75) is 24.5 Å². The normalized spacial score (nSPS) is 29.1. The molecule has 1 aliphatic rings. The van der Waals surface area contributed by atoms with Crippen LogP contribution in [0.15, 0.2) is 30.6 Å². The lowest BCUT2D eigenvalue weighted by atomic mass is 10.1. The highest BCUT2D eigenvalue weighted by Crippen LogP contribution is 2.57. The Morgan fingerprint density at radius 2 is 1.85 bits per heavy atom. The first-order chi connectivity index (χ1) is 12.1. The van der Waals surface area contributed by atoms with Crippen molar-refractivity contribution in [3.8, 4) is 0 Å². The first kappa shape index (κ1) is 19.6. The molecule has 1 saturated heterocycles. The fourth-order valence-corrected chi connectivity index (χ4v) is 4.20. The van der Waals surface area contributed by atoms with Crippen LogP contribution in [-0.2, 0) is 22.7 Å². The number of nitrogens with zero attached hydrogens (tertiary/aromatic N) is 2. The third-order valence-corrected chi connectivity index (χ3v) is 5.86. The van der Waals surface area contributed by atoms with E-state index >= 15 is 0 Å². The van der Waals surface area contributed by atoms with E-state index in [1.807, 2.05) is 0 Å². The van der Waals surface area contributed by atoms with Gasteiger partial charge in [-0.2, -0.15) is 4.31 Å². The molecule has 14 heteroatoms. The molecule has 0 spiro atoms. The average Bonchev–Trinajstić information content (AvgIpc) is 3.06. The second kappa shape index (κ2) is 7.10. The Bertz CT molecular complexity index is 882. The number of hydrogen-bond acceptors (Lipinski definition) is 8. The number of aliphatic hydroxyl groups excluding tert-OH is 2. The quantitative estimate of drug-likeness (QED) is 0.401. The molecular formula is C12H16N2O10P2. The van der Waals surface area contributed by atoms with Gasteiger partial charge in [-0.1, -0.05) is 12.1 Å². The number of rotatable bonds is 6. The number of phosphoric ester groups is 1. The molecule has 26 heavy (non-hydrogen) atoms. The Labute approximate surface area is 146 Å². The molecule has 3 rings (SSSR count). The summed E-state index contributed by atoms with van der Waals surface area (Å²) >= 11 is 0. The van der Waals surface area contributed by atoms with Gasteiger partial charge in [-0.15, -0.1) is 0 Å². The zero-order valence-electron chi connectivity index (χ0n) is 13.0. The Hall–Kier alpha value is -1.17. The first-order valence-corrected chi connectivity index (χ1v) is 10.3. The van der Waals surface area contributed by atoms with E-state index in [2.05, 4.69) is 13.8 Å². The molecule has 12 nitrogen and oxygen atoms in total. The van der Waals surface area contributed by atoms with Gasteiger partial charge in [-0.05, 0) is 12.1 Å². The molecule has 1 fully saturated rings. The minimum absolute atomic E-state index is 0.628. The number of para-hydroxylation sites is 2. The van der Waals surface area contributed by atoms with Crippen LogP contribution in [0.25, 0.3) is 11.0 Å². The summed E-state index contributed by atoms with van der Waals surface area (Å²) in [6, 6.07) is 6.99. The highest BCUT2D eigenvalue weighted by molar-refractivity contribution is 7.60. The Morgan fingerprint density at radius 3 is 2.54 bits per heavy atom. The minimum Gasteiger partial charge on any atom is -0.387 e. The van der Waals surface area contributed by atoms with Crippen LogP contribution in [-0.4, -0.2) is 59.4 Å². The van der Waals surface area contributed by atoms with E-state index in [-0.39, 0.29) is 0 Å². The third-order valence-electron chi connectivity index (χ3n) is 3.70. The van der Waals surface area contributed by atoms with Gasteiger partial charge in [0, 0.05) is 0 Å². The summed E-state index contributed by atoms with van der Waals surface area (Å²) in [6.07, 6.45) is -3.79. The minimum atomic E-state index is -5.26. The van der Waals surface area contributed by atoms with Crippen LogP contribution in [0.1, 0.15) is 6.23 Å². The molecule has 0 amide bonds. The highest BCUT2D eigenvalue weighted by Gasteiger charge is 2.45. The Kier molecular flexibility index (Phi) is 5.35. The van der Waals surface area contributed by atoms with E-state index in [9.17, 15) is 24.2 Å². The molecule has 2 aromatic rings. The fourth-order valence-electron chi connectivity index (χ4n) is 2.60. The van der Waals surface area contributed by atoms with Gasteiger partial charge >= 0.3 is 15.6 Å². The van der Waals surface area contributed by atoms with Gasteiger partial charge in [-0.25, -0.2) is 14.1 Å². The van der Waals surface area contributed by atoms with Crippen LogP contribution in [0, 0.1) is 0 Å². The molecule has 5 atom stereocenters. The summed E-state index contributed by atoms with van der Waals surface area (Å²) in [7, 11) is -10.3. The average molecular weight is 410 g/mol. The van der Waals surface area contributed by atoms with Crippen LogP contribution in [0.5, 0.6) is 0 Å². The van der Waals surface area contributed by atoms with Crippen LogP contribution in [0.2, 0.25) is 0 Å². The Balaban J connectivity index is 1.72. The SMILES string of the molecule is O=P(O)(O)OP(=O)(O)OC[C@H]1O[C@@H](n2cnc3ccccc32)[C@H](O)[C@@H]1O. The van der Waals surface area contributed by atoms with Crippen LogP contribution < -0.4 is 0 Å². The van der Waals surface area contributed by atoms with Crippen molar-refractivity contribution in [3.63, 3.8) is 0 Å². The molecule has 0 bridgehead atoms. The molecule has 0 aliphatic carbocycles. The second-order valence-electron chi connectivity index (χ2n) is 5.52. The maximum absolute atomic E-state index is 11.5. The van der Waals surface area contributed by atoms with Gasteiger partial charge in [0.2, 0.25) is 0 Å². The van der Waals surface area contributed by atoms with Gasteiger partial charge in [0.05, 0.1) is 24.0 Å². The number of benzene rings is 1. The number of imidazole rings is 1. The maximum atomic E-state index is 11.5. The molecular weight excluding hydrogens is 394 g/mol. The van der Waals surface area contributed by atoms with Crippen LogP contribution in [0.4, 0.5) is 0 Å². The van der Waals surface area contributed by atoms with Crippen molar-refractivity contribution in [2.24, 2.45) is 0 Å². The smallest absolute Gasteiger partial charge is 0.387 e. The molecule has 0 saturated carbocycles. The summed E-state index contributed by atoms with van der Waals surface area (Å²) in [6.45, 7) is -0.755. The molecule has 0 radical (unpaired) electrons. The van der Waals surface area contributed by atoms with Gasteiger partial charge in [0.1, 0.15) is 18.3 Å².